The lowest BCUT2D eigenvalue weighted by Gasteiger charge is -2.10. The third-order valence-electron chi connectivity index (χ3n) is 3.24. The fraction of sp³-hybridized carbons (Fsp3) is 0.188. The van der Waals surface area contributed by atoms with Crippen molar-refractivity contribution in [2.45, 2.75) is 17.7 Å². The van der Waals surface area contributed by atoms with E-state index in [9.17, 15) is 13.2 Å². The Morgan fingerprint density at radius 1 is 1.17 bits per heavy atom. The summed E-state index contributed by atoms with van der Waals surface area (Å²) in [7, 11) is -2.59. The van der Waals surface area contributed by atoms with Crippen LogP contribution in [-0.4, -0.2) is 21.4 Å². The number of sulfonamides is 1. The molecule has 0 radical (unpaired) electrons. The van der Waals surface area contributed by atoms with Crippen molar-refractivity contribution in [3.05, 3.63) is 54.1 Å². The van der Waals surface area contributed by atoms with E-state index in [1.165, 1.54) is 19.2 Å². The van der Waals surface area contributed by atoms with Gasteiger partial charge in [0.15, 0.2) is 0 Å². The molecule has 0 aliphatic rings. The number of benzene rings is 2. The largest absolute Gasteiger partial charge is 0.495 e. The van der Waals surface area contributed by atoms with Gasteiger partial charge in [0.25, 0.3) is 0 Å². The van der Waals surface area contributed by atoms with Crippen LogP contribution in [0.3, 0.4) is 0 Å². The van der Waals surface area contributed by atoms with E-state index in [4.69, 9.17) is 9.88 Å². The molecule has 0 atom stereocenters. The van der Waals surface area contributed by atoms with Crippen LogP contribution in [0.2, 0.25) is 0 Å². The molecule has 0 aliphatic heterocycles. The molecule has 0 saturated heterocycles. The molecule has 3 N–H and O–H groups in total. The van der Waals surface area contributed by atoms with Crippen LogP contribution in [-0.2, 0) is 21.2 Å². The maximum Gasteiger partial charge on any atom is 0.241 e. The molecule has 7 heteroatoms. The van der Waals surface area contributed by atoms with Crippen LogP contribution in [0.1, 0.15) is 12.0 Å². The van der Waals surface area contributed by atoms with E-state index < -0.39 is 10.0 Å². The predicted molar refractivity (Wildman–Crippen MR) is 87.8 cm³/mol. The third kappa shape index (κ3) is 4.80. The molecule has 6 nitrogen and oxygen atoms in total. The lowest BCUT2D eigenvalue weighted by atomic mass is 10.1. The number of ether oxygens (including phenoxy) is 1. The number of hydrogen-bond donors (Lipinski definition) is 2. The number of anilines is 1. The van der Waals surface area contributed by atoms with Crippen LogP contribution in [0.5, 0.6) is 5.75 Å². The quantitative estimate of drug-likeness (QED) is 0.843. The zero-order chi connectivity index (χ0) is 16.9. The number of amides is 1. The summed E-state index contributed by atoms with van der Waals surface area (Å²) in [5.41, 5.74) is 1.41. The Bertz CT molecular complexity index is 789. The molecule has 0 spiro atoms. The highest BCUT2D eigenvalue weighted by Crippen LogP contribution is 2.26. The number of methoxy groups -OCH3 is 1. The Morgan fingerprint density at radius 2 is 1.87 bits per heavy atom. The van der Waals surface area contributed by atoms with Gasteiger partial charge in [-0.2, -0.15) is 0 Å². The molecule has 2 aromatic rings. The smallest absolute Gasteiger partial charge is 0.241 e. The lowest BCUT2D eigenvalue weighted by Crippen LogP contribution is -2.16. The lowest BCUT2D eigenvalue weighted by molar-refractivity contribution is -0.116. The van der Waals surface area contributed by atoms with E-state index >= 15 is 0 Å². The summed E-state index contributed by atoms with van der Waals surface area (Å²) in [6.07, 6.45) is 0.894. The number of carbonyl (C=O) groups is 1. The van der Waals surface area contributed by atoms with Gasteiger partial charge in [-0.25, -0.2) is 13.6 Å². The molecule has 122 valence electrons. The fourth-order valence-electron chi connectivity index (χ4n) is 2.10. The molecular formula is C16H18N2O4S. The van der Waals surface area contributed by atoms with Gasteiger partial charge in [-0.1, -0.05) is 30.3 Å². The van der Waals surface area contributed by atoms with Gasteiger partial charge < -0.3 is 10.1 Å². The summed E-state index contributed by atoms with van der Waals surface area (Å²) in [4.78, 5) is 11.8. The molecule has 0 bridgehead atoms. The van der Waals surface area contributed by atoms with Gasteiger partial charge in [0.05, 0.1) is 7.11 Å². The van der Waals surface area contributed by atoms with E-state index in [-0.39, 0.29) is 16.6 Å². The van der Waals surface area contributed by atoms with E-state index in [0.29, 0.717) is 18.5 Å². The molecule has 1 amide bonds. The maximum absolute atomic E-state index is 12.0. The van der Waals surface area contributed by atoms with Crippen molar-refractivity contribution in [1.82, 2.24) is 0 Å². The first-order valence-corrected chi connectivity index (χ1v) is 8.49. The Hall–Kier alpha value is -2.38. The number of carbonyl (C=O) groups excluding carboxylic acids is 1. The van der Waals surface area contributed by atoms with Crippen LogP contribution in [0.4, 0.5) is 5.69 Å². The molecule has 0 heterocycles. The Balaban J connectivity index is 2.06. The Morgan fingerprint density at radius 3 is 2.48 bits per heavy atom. The van der Waals surface area contributed by atoms with Gasteiger partial charge in [0.1, 0.15) is 10.6 Å². The van der Waals surface area contributed by atoms with Gasteiger partial charge in [0.2, 0.25) is 15.9 Å². The van der Waals surface area contributed by atoms with Crippen LogP contribution < -0.4 is 15.2 Å². The first kappa shape index (κ1) is 17.0. The van der Waals surface area contributed by atoms with Crippen molar-refractivity contribution in [2.24, 2.45) is 5.14 Å². The van der Waals surface area contributed by atoms with Crippen molar-refractivity contribution in [2.75, 3.05) is 12.4 Å². The molecule has 23 heavy (non-hydrogen) atoms. The van der Waals surface area contributed by atoms with E-state index in [1.807, 2.05) is 30.3 Å². The van der Waals surface area contributed by atoms with Gasteiger partial charge in [0, 0.05) is 12.1 Å². The number of aryl methyl sites for hydroxylation is 1. The average molecular weight is 334 g/mol. The second kappa shape index (κ2) is 7.26. The number of primary sulfonamides is 1. The first-order valence-electron chi connectivity index (χ1n) is 6.95. The summed E-state index contributed by atoms with van der Waals surface area (Å²) < 4.78 is 28.1. The van der Waals surface area contributed by atoms with E-state index in [2.05, 4.69) is 5.32 Å². The highest BCUT2D eigenvalue weighted by Gasteiger charge is 2.16. The van der Waals surface area contributed by atoms with E-state index in [1.54, 1.807) is 6.07 Å². The predicted octanol–water partition coefficient (Wildman–Crippen LogP) is 1.91. The standard InChI is InChI=1S/C16H18N2O4S/c1-22-14-9-8-13(11-15(14)23(17,20)21)18-16(19)10-7-12-5-3-2-4-6-12/h2-6,8-9,11H,7,10H2,1H3,(H,18,19)(H2,17,20,21). The van der Waals surface area contributed by atoms with E-state index in [0.717, 1.165) is 5.56 Å². The average Bonchev–Trinajstić information content (AvgIpc) is 2.53. The number of nitrogens with one attached hydrogen (secondary N) is 1. The van der Waals surface area contributed by atoms with Crippen LogP contribution in [0, 0.1) is 0 Å². The SMILES string of the molecule is COc1ccc(NC(=O)CCc2ccccc2)cc1S(N)(=O)=O. The van der Waals surface area contributed by atoms with Gasteiger partial charge in [-0.15, -0.1) is 0 Å². The molecule has 0 saturated carbocycles. The highest BCUT2D eigenvalue weighted by atomic mass is 32.2. The van der Waals surface area contributed by atoms with Crippen molar-refractivity contribution in [3.8, 4) is 5.75 Å². The van der Waals surface area contributed by atoms with Crippen molar-refractivity contribution >= 4 is 21.6 Å². The summed E-state index contributed by atoms with van der Waals surface area (Å²) in [6.45, 7) is 0. The normalized spacial score (nSPS) is 11.0. The molecule has 2 aromatic carbocycles. The summed E-state index contributed by atoms with van der Waals surface area (Å²) in [5.74, 6) is -0.0748. The molecule has 0 fully saturated rings. The van der Waals surface area contributed by atoms with Crippen molar-refractivity contribution < 1.29 is 17.9 Å². The molecule has 2 rings (SSSR count). The van der Waals surface area contributed by atoms with Gasteiger partial charge >= 0.3 is 0 Å². The second-order valence-electron chi connectivity index (χ2n) is 4.94. The summed E-state index contributed by atoms with van der Waals surface area (Å²) >= 11 is 0. The van der Waals surface area contributed by atoms with Crippen LogP contribution in [0.15, 0.2) is 53.4 Å². The minimum absolute atomic E-state index is 0.134. The summed E-state index contributed by atoms with van der Waals surface area (Å²) in [5, 5.41) is 7.81. The first-order chi connectivity index (χ1) is 10.9. The fourth-order valence-corrected chi connectivity index (χ4v) is 2.83. The number of rotatable bonds is 6. The molecule has 0 unspecified atom stereocenters. The minimum Gasteiger partial charge on any atom is -0.495 e. The zero-order valence-corrected chi connectivity index (χ0v) is 13.5. The monoisotopic (exact) mass is 334 g/mol. The second-order valence-corrected chi connectivity index (χ2v) is 6.47. The zero-order valence-electron chi connectivity index (χ0n) is 12.7. The van der Waals surface area contributed by atoms with Gasteiger partial charge in [-0.3, -0.25) is 4.79 Å². The minimum atomic E-state index is -3.94. The van der Waals surface area contributed by atoms with Crippen molar-refractivity contribution in [3.63, 3.8) is 0 Å². The Kier molecular flexibility index (Phi) is 5.36. The highest BCUT2D eigenvalue weighted by molar-refractivity contribution is 7.89. The Labute approximate surface area is 135 Å². The molecule has 0 aromatic heterocycles. The van der Waals surface area contributed by atoms with Gasteiger partial charge in [-0.05, 0) is 30.2 Å². The number of nitrogens with two attached hydrogens (primary N) is 1. The molecular weight excluding hydrogens is 316 g/mol. The topological polar surface area (TPSA) is 98.5 Å². The number of hydrogen-bond acceptors (Lipinski definition) is 4. The third-order valence-corrected chi connectivity index (χ3v) is 4.17. The van der Waals surface area contributed by atoms with Crippen LogP contribution >= 0.6 is 0 Å². The molecule has 0 aliphatic carbocycles. The maximum atomic E-state index is 12.0. The summed E-state index contributed by atoms with van der Waals surface area (Å²) in [6, 6.07) is 13.9. The van der Waals surface area contributed by atoms with Crippen LogP contribution in [0.25, 0.3) is 0 Å². The van der Waals surface area contributed by atoms with Crippen molar-refractivity contribution in [1.29, 1.82) is 0 Å².